The molecule has 0 aliphatic rings. The monoisotopic (exact) mass is 263 g/mol. The van der Waals surface area contributed by atoms with Crippen molar-refractivity contribution in [1.29, 1.82) is 0 Å². The molecule has 0 saturated heterocycles. The molecule has 0 radical (unpaired) electrons. The number of methoxy groups -OCH3 is 1. The molecule has 1 N–H and O–H groups in total. The number of hydrogen-bond donors (Lipinski definition) is 1. The number of hydroxylamine groups is 1. The summed E-state index contributed by atoms with van der Waals surface area (Å²) in [6.07, 6.45) is 0. The molecular weight excluding hydrogens is 249 g/mol. The molecule has 0 aliphatic heterocycles. The number of nitrogens with one attached hydrogen (secondary N) is 1. The van der Waals surface area contributed by atoms with Crippen molar-refractivity contribution in [2.24, 2.45) is 0 Å². The van der Waals surface area contributed by atoms with Crippen molar-refractivity contribution in [3.63, 3.8) is 0 Å². The number of fused-ring (bicyclic) bond motifs is 1. The molecule has 100 valence electrons. The number of benzene rings is 2. The van der Waals surface area contributed by atoms with Crippen LogP contribution in [0.2, 0.25) is 0 Å². The summed E-state index contributed by atoms with van der Waals surface area (Å²) in [5.41, 5.74) is 2.67. The van der Waals surface area contributed by atoms with Crippen LogP contribution in [0.4, 0.5) is 4.39 Å². The van der Waals surface area contributed by atoms with Gasteiger partial charge in [-0.25, -0.2) is 9.87 Å². The lowest BCUT2D eigenvalue weighted by molar-refractivity contribution is 0.00899. The van der Waals surface area contributed by atoms with Crippen LogP contribution >= 0.6 is 0 Å². The zero-order chi connectivity index (χ0) is 13.7. The highest BCUT2D eigenvalue weighted by Crippen LogP contribution is 2.21. The van der Waals surface area contributed by atoms with Gasteiger partial charge in [-0.05, 0) is 17.5 Å². The maximum atomic E-state index is 13.6. The molecule has 0 heterocycles. The van der Waals surface area contributed by atoms with Gasteiger partial charge >= 0.3 is 0 Å². The Morgan fingerprint density at radius 2 is 1.89 bits per heavy atom. The van der Waals surface area contributed by atoms with Crippen molar-refractivity contribution < 1.29 is 18.8 Å². The minimum absolute atomic E-state index is 0.251. The molecule has 0 aliphatic carbocycles. The quantitative estimate of drug-likeness (QED) is 0.665. The smallest absolute Gasteiger partial charge is 0.275 e. The highest BCUT2D eigenvalue weighted by molar-refractivity contribution is 6.06. The zero-order valence-electron chi connectivity index (χ0n) is 10.5. The van der Waals surface area contributed by atoms with E-state index < -0.39 is 5.91 Å². The van der Waals surface area contributed by atoms with Gasteiger partial charge in [0.25, 0.3) is 5.91 Å². The molecule has 0 atom stereocenters. The van der Waals surface area contributed by atoms with E-state index in [1.165, 1.54) is 12.1 Å². The Kier molecular flexibility index (Phi) is 4.43. The standard InChI is InChI=1S/C14H14FNO3/c1-18-8-9-19-16-14(17)12-6-7-13(15)11-5-3-2-4-10(11)12/h2-7H,8-9H2,1H3,(H,16,17). The second-order valence-electron chi connectivity index (χ2n) is 3.91. The molecule has 5 heteroatoms. The van der Waals surface area contributed by atoms with Crippen molar-refractivity contribution in [3.05, 3.63) is 47.8 Å². The van der Waals surface area contributed by atoms with Gasteiger partial charge in [0.1, 0.15) is 5.82 Å². The minimum Gasteiger partial charge on any atom is -0.382 e. The van der Waals surface area contributed by atoms with E-state index in [0.717, 1.165) is 0 Å². The van der Waals surface area contributed by atoms with E-state index in [9.17, 15) is 9.18 Å². The lowest BCUT2D eigenvalue weighted by atomic mass is 10.0. The minimum atomic E-state index is -0.410. The van der Waals surface area contributed by atoms with Gasteiger partial charge in [-0.15, -0.1) is 0 Å². The highest BCUT2D eigenvalue weighted by atomic mass is 19.1. The van der Waals surface area contributed by atoms with Crippen LogP contribution in [0, 0.1) is 5.82 Å². The van der Waals surface area contributed by atoms with Gasteiger partial charge in [0.15, 0.2) is 0 Å². The number of hydrogen-bond acceptors (Lipinski definition) is 3. The first-order chi connectivity index (χ1) is 9.24. The van der Waals surface area contributed by atoms with Gasteiger partial charge in [0.2, 0.25) is 0 Å². The number of carbonyl (C=O) groups is 1. The Balaban J connectivity index is 2.20. The first-order valence-corrected chi connectivity index (χ1v) is 5.82. The third-order valence-electron chi connectivity index (χ3n) is 2.67. The van der Waals surface area contributed by atoms with Crippen LogP contribution < -0.4 is 5.48 Å². The summed E-state index contributed by atoms with van der Waals surface area (Å²) >= 11 is 0. The van der Waals surface area contributed by atoms with Gasteiger partial charge in [-0.2, -0.15) is 0 Å². The summed E-state index contributed by atoms with van der Waals surface area (Å²) in [6.45, 7) is 0.631. The molecule has 0 bridgehead atoms. The number of ether oxygens (including phenoxy) is 1. The Bertz CT molecular complexity index is 586. The molecule has 2 aromatic carbocycles. The van der Waals surface area contributed by atoms with Crippen molar-refractivity contribution in [2.45, 2.75) is 0 Å². The van der Waals surface area contributed by atoms with E-state index in [-0.39, 0.29) is 12.4 Å². The predicted molar refractivity (Wildman–Crippen MR) is 69.2 cm³/mol. The molecule has 0 spiro atoms. The van der Waals surface area contributed by atoms with Crippen molar-refractivity contribution >= 4 is 16.7 Å². The SMILES string of the molecule is COCCONC(=O)c1ccc(F)c2ccccc12. The zero-order valence-corrected chi connectivity index (χ0v) is 10.5. The lowest BCUT2D eigenvalue weighted by Gasteiger charge is -2.08. The largest absolute Gasteiger partial charge is 0.382 e. The van der Waals surface area contributed by atoms with E-state index in [2.05, 4.69) is 5.48 Å². The molecule has 4 nitrogen and oxygen atoms in total. The van der Waals surface area contributed by atoms with Crippen LogP contribution in [-0.2, 0) is 9.57 Å². The maximum absolute atomic E-state index is 13.6. The molecule has 19 heavy (non-hydrogen) atoms. The third kappa shape index (κ3) is 3.07. The van der Waals surface area contributed by atoms with Crippen LogP contribution in [0.3, 0.4) is 0 Å². The summed E-state index contributed by atoms with van der Waals surface area (Å²) in [5.74, 6) is -0.764. The fraction of sp³-hybridized carbons (Fsp3) is 0.214. The van der Waals surface area contributed by atoms with Gasteiger partial charge in [-0.1, -0.05) is 24.3 Å². The van der Waals surface area contributed by atoms with E-state index in [0.29, 0.717) is 22.9 Å². The molecule has 1 amide bonds. The summed E-state index contributed by atoms with van der Waals surface area (Å²) in [7, 11) is 1.54. The van der Waals surface area contributed by atoms with E-state index in [1.54, 1.807) is 31.4 Å². The Labute approximate surface area is 110 Å². The van der Waals surface area contributed by atoms with Crippen molar-refractivity contribution in [1.82, 2.24) is 5.48 Å². The Morgan fingerprint density at radius 1 is 1.16 bits per heavy atom. The van der Waals surface area contributed by atoms with Crippen LogP contribution in [0.25, 0.3) is 10.8 Å². The molecule has 2 rings (SSSR count). The summed E-state index contributed by atoms with van der Waals surface area (Å²) in [5, 5.41) is 0.961. The van der Waals surface area contributed by atoms with Crippen LogP contribution in [0.5, 0.6) is 0 Å². The van der Waals surface area contributed by atoms with E-state index >= 15 is 0 Å². The number of halogens is 1. The van der Waals surface area contributed by atoms with Gasteiger partial charge in [-0.3, -0.25) is 9.63 Å². The average molecular weight is 263 g/mol. The summed E-state index contributed by atoms with van der Waals surface area (Å²) in [4.78, 5) is 16.9. The second-order valence-corrected chi connectivity index (χ2v) is 3.91. The van der Waals surface area contributed by atoms with Crippen molar-refractivity contribution in [2.75, 3.05) is 20.3 Å². The average Bonchev–Trinajstić information content (AvgIpc) is 2.44. The summed E-state index contributed by atoms with van der Waals surface area (Å²) < 4.78 is 18.4. The fourth-order valence-electron chi connectivity index (χ4n) is 1.76. The van der Waals surface area contributed by atoms with Gasteiger partial charge in [0.05, 0.1) is 13.2 Å². The highest BCUT2D eigenvalue weighted by Gasteiger charge is 2.12. The Hall–Kier alpha value is -1.98. The molecule has 2 aromatic rings. The topological polar surface area (TPSA) is 47.6 Å². The lowest BCUT2D eigenvalue weighted by Crippen LogP contribution is -2.25. The second kappa shape index (κ2) is 6.26. The first-order valence-electron chi connectivity index (χ1n) is 5.82. The van der Waals surface area contributed by atoms with E-state index in [1.807, 2.05) is 0 Å². The van der Waals surface area contributed by atoms with Crippen LogP contribution in [-0.4, -0.2) is 26.2 Å². The fourth-order valence-corrected chi connectivity index (χ4v) is 1.76. The third-order valence-corrected chi connectivity index (χ3v) is 2.67. The van der Waals surface area contributed by atoms with Gasteiger partial charge < -0.3 is 4.74 Å². The first kappa shape index (κ1) is 13.5. The molecule has 0 aromatic heterocycles. The summed E-state index contributed by atoms with van der Waals surface area (Å²) in [6, 6.07) is 9.52. The number of rotatable bonds is 5. The van der Waals surface area contributed by atoms with Crippen LogP contribution in [0.15, 0.2) is 36.4 Å². The predicted octanol–water partition coefficient (Wildman–Crippen LogP) is 2.29. The molecular formula is C14H14FNO3. The maximum Gasteiger partial charge on any atom is 0.275 e. The number of carbonyl (C=O) groups excluding carboxylic acids is 1. The normalized spacial score (nSPS) is 10.6. The number of amides is 1. The van der Waals surface area contributed by atoms with Crippen molar-refractivity contribution in [3.8, 4) is 0 Å². The van der Waals surface area contributed by atoms with E-state index in [4.69, 9.17) is 9.57 Å². The molecule has 0 unspecified atom stereocenters. The molecule has 0 saturated carbocycles. The van der Waals surface area contributed by atoms with Gasteiger partial charge in [0, 0.05) is 18.1 Å². The Morgan fingerprint density at radius 3 is 2.63 bits per heavy atom. The van der Waals surface area contributed by atoms with Crippen LogP contribution in [0.1, 0.15) is 10.4 Å². The molecule has 0 fully saturated rings.